The number of benzene rings is 1. The van der Waals surface area contributed by atoms with Crippen LogP contribution >= 0.6 is 0 Å². The van der Waals surface area contributed by atoms with Crippen LogP contribution in [0, 0.1) is 6.92 Å². The normalized spacial score (nSPS) is 15.8. The van der Waals surface area contributed by atoms with E-state index in [0.717, 1.165) is 18.7 Å². The number of hydrogen-bond acceptors (Lipinski definition) is 4. The van der Waals surface area contributed by atoms with Crippen LogP contribution in [0.15, 0.2) is 34.3 Å². The summed E-state index contributed by atoms with van der Waals surface area (Å²) >= 11 is 0. The maximum atomic E-state index is 11.9. The molecule has 0 unspecified atom stereocenters. The number of aryl methyl sites for hydroxylation is 1. The van der Waals surface area contributed by atoms with Crippen molar-refractivity contribution in [2.75, 3.05) is 27.2 Å². The van der Waals surface area contributed by atoms with E-state index in [1.807, 2.05) is 30.8 Å². The van der Waals surface area contributed by atoms with Crippen molar-refractivity contribution in [1.29, 1.82) is 0 Å². The molecule has 0 N–H and O–H groups in total. The molecule has 104 valence electrons. The summed E-state index contributed by atoms with van der Waals surface area (Å²) in [5.74, 6) is 0.510. The van der Waals surface area contributed by atoms with E-state index in [-0.39, 0.29) is 4.90 Å². The molecule has 0 saturated carbocycles. The van der Waals surface area contributed by atoms with Gasteiger partial charge in [0.25, 0.3) is 0 Å². The van der Waals surface area contributed by atoms with Crippen molar-refractivity contribution in [2.45, 2.75) is 11.8 Å². The lowest BCUT2D eigenvalue weighted by Gasteiger charge is -2.14. The SMILES string of the molecule is Cc1ccc(S(=O)(=O)ON=C2N(C)CCN2C)cc1. The molecule has 1 saturated heterocycles. The van der Waals surface area contributed by atoms with Gasteiger partial charge in [-0.2, -0.15) is 8.42 Å². The van der Waals surface area contributed by atoms with Crippen molar-refractivity contribution in [3.8, 4) is 0 Å². The predicted molar refractivity (Wildman–Crippen MR) is 72.1 cm³/mol. The summed E-state index contributed by atoms with van der Waals surface area (Å²) in [7, 11) is -0.177. The second-order valence-corrected chi connectivity index (χ2v) is 6.10. The second-order valence-electron chi connectivity index (χ2n) is 4.58. The molecule has 0 atom stereocenters. The molecular formula is C12H17N3O3S. The average Bonchev–Trinajstić information content (AvgIpc) is 2.67. The molecule has 0 aliphatic carbocycles. The molecule has 0 amide bonds. The lowest BCUT2D eigenvalue weighted by Crippen LogP contribution is -2.28. The van der Waals surface area contributed by atoms with E-state index < -0.39 is 10.1 Å². The number of guanidine groups is 1. The van der Waals surface area contributed by atoms with Crippen LogP contribution < -0.4 is 0 Å². The molecule has 1 fully saturated rings. The molecule has 1 heterocycles. The summed E-state index contributed by atoms with van der Waals surface area (Å²) in [4.78, 5) is 3.78. The van der Waals surface area contributed by atoms with Crippen LogP contribution in [0.5, 0.6) is 0 Å². The zero-order valence-electron chi connectivity index (χ0n) is 11.2. The van der Waals surface area contributed by atoms with Gasteiger partial charge in [0.05, 0.1) is 0 Å². The third kappa shape index (κ3) is 2.98. The topological polar surface area (TPSA) is 62.2 Å². The lowest BCUT2D eigenvalue weighted by atomic mass is 10.2. The predicted octanol–water partition coefficient (Wildman–Crippen LogP) is 0.849. The maximum Gasteiger partial charge on any atom is 0.358 e. The van der Waals surface area contributed by atoms with Crippen molar-refractivity contribution in [1.82, 2.24) is 9.80 Å². The van der Waals surface area contributed by atoms with Crippen molar-refractivity contribution in [3.05, 3.63) is 29.8 Å². The molecule has 6 nitrogen and oxygen atoms in total. The summed E-state index contributed by atoms with van der Waals surface area (Å²) in [6, 6.07) is 6.45. The highest BCUT2D eigenvalue weighted by molar-refractivity contribution is 7.86. The first-order valence-corrected chi connectivity index (χ1v) is 7.31. The summed E-state index contributed by atoms with van der Waals surface area (Å²) in [6.45, 7) is 3.48. The minimum Gasteiger partial charge on any atom is -0.341 e. The highest BCUT2D eigenvalue weighted by Crippen LogP contribution is 2.14. The second kappa shape index (κ2) is 5.08. The van der Waals surface area contributed by atoms with Crippen molar-refractivity contribution in [2.24, 2.45) is 5.16 Å². The third-order valence-electron chi connectivity index (χ3n) is 2.98. The highest BCUT2D eigenvalue weighted by atomic mass is 32.2. The maximum absolute atomic E-state index is 11.9. The van der Waals surface area contributed by atoms with E-state index in [4.69, 9.17) is 4.28 Å². The molecule has 0 bridgehead atoms. The van der Waals surface area contributed by atoms with Gasteiger partial charge in [-0.25, -0.2) is 0 Å². The van der Waals surface area contributed by atoms with Crippen molar-refractivity contribution < 1.29 is 12.7 Å². The number of nitrogens with zero attached hydrogens (tertiary/aromatic N) is 3. The monoisotopic (exact) mass is 283 g/mol. The molecule has 1 aromatic rings. The Morgan fingerprint density at radius 1 is 1.11 bits per heavy atom. The Morgan fingerprint density at radius 2 is 1.63 bits per heavy atom. The Labute approximate surface area is 113 Å². The summed E-state index contributed by atoms with van der Waals surface area (Å²) in [5.41, 5.74) is 0.987. The Kier molecular flexibility index (Phi) is 3.66. The number of hydrogen-bond donors (Lipinski definition) is 0. The molecule has 0 spiro atoms. The van der Waals surface area contributed by atoms with E-state index in [0.29, 0.717) is 5.96 Å². The van der Waals surface area contributed by atoms with Gasteiger partial charge in [0.2, 0.25) is 5.96 Å². The molecule has 0 aromatic heterocycles. The Balaban J connectivity index is 2.18. The van der Waals surface area contributed by atoms with Crippen LogP contribution in [-0.4, -0.2) is 51.4 Å². The Hall–Kier alpha value is -1.76. The highest BCUT2D eigenvalue weighted by Gasteiger charge is 2.23. The first-order chi connectivity index (χ1) is 8.90. The summed E-state index contributed by atoms with van der Waals surface area (Å²) < 4.78 is 28.7. The molecule has 1 aromatic carbocycles. The van der Waals surface area contributed by atoms with Gasteiger partial charge in [0.15, 0.2) is 0 Å². The molecule has 7 heteroatoms. The van der Waals surface area contributed by atoms with Crippen LogP contribution in [0.25, 0.3) is 0 Å². The van der Waals surface area contributed by atoms with Gasteiger partial charge in [0, 0.05) is 27.2 Å². The smallest absolute Gasteiger partial charge is 0.341 e. The Bertz CT molecular complexity index is 569. The van der Waals surface area contributed by atoms with E-state index in [1.54, 1.807) is 12.1 Å². The quantitative estimate of drug-likeness (QED) is 0.770. The Morgan fingerprint density at radius 3 is 2.16 bits per heavy atom. The first-order valence-electron chi connectivity index (χ1n) is 5.91. The number of likely N-dealkylation sites (N-methyl/N-ethyl adjacent to an activating group) is 2. The third-order valence-corrected chi connectivity index (χ3v) is 4.10. The summed E-state index contributed by atoms with van der Waals surface area (Å²) in [5, 5.41) is 3.74. The fourth-order valence-corrected chi connectivity index (χ4v) is 2.48. The number of oxime groups is 1. The van der Waals surface area contributed by atoms with Crippen molar-refractivity contribution >= 4 is 16.1 Å². The molecular weight excluding hydrogens is 266 g/mol. The van der Waals surface area contributed by atoms with Gasteiger partial charge in [0.1, 0.15) is 4.90 Å². The van der Waals surface area contributed by atoms with Gasteiger partial charge < -0.3 is 9.80 Å². The van der Waals surface area contributed by atoms with E-state index in [1.165, 1.54) is 12.1 Å². The molecule has 2 rings (SSSR count). The van der Waals surface area contributed by atoms with Gasteiger partial charge in [-0.15, -0.1) is 0 Å². The number of rotatable bonds is 3. The van der Waals surface area contributed by atoms with Gasteiger partial charge in [-0.3, -0.25) is 4.28 Å². The van der Waals surface area contributed by atoms with Crippen LogP contribution in [0.2, 0.25) is 0 Å². The van der Waals surface area contributed by atoms with Gasteiger partial charge >= 0.3 is 10.1 Å². The molecule has 1 aliphatic heterocycles. The fourth-order valence-electron chi connectivity index (χ4n) is 1.76. The first kappa shape index (κ1) is 13.7. The fraction of sp³-hybridized carbons (Fsp3) is 0.417. The van der Waals surface area contributed by atoms with Crippen LogP contribution in [0.3, 0.4) is 0 Å². The van der Waals surface area contributed by atoms with Crippen LogP contribution in [0.1, 0.15) is 5.56 Å². The average molecular weight is 283 g/mol. The molecule has 1 aliphatic rings. The van der Waals surface area contributed by atoms with E-state index in [2.05, 4.69) is 5.16 Å². The van der Waals surface area contributed by atoms with Crippen molar-refractivity contribution in [3.63, 3.8) is 0 Å². The zero-order valence-corrected chi connectivity index (χ0v) is 12.0. The minimum atomic E-state index is -3.85. The van der Waals surface area contributed by atoms with Crippen LogP contribution in [0.4, 0.5) is 0 Å². The largest absolute Gasteiger partial charge is 0.358 e. The van der Waals surface area contributed by atoms with Gasteiger partial charge in [-0.05, 0) is 24.2 Å². The zero-order chi connectivity index (χ0) is 14.0. The standard InChI is InChI=1S/C12H17N3O3S/c1-10-4-6-11(7-5-10)19(16,17)18-13-12-14(2)8-9-15(12)3/h4-7H,8-9H2,1-3H3. The minimum absolute atomic E-state index is 0.103. The van der Waals surface area contributed by atoms with Gasteiger partial charge in [-0.1, -0.05) is 17.7 Å². The van der Waals surface area contributed by atoms with E-state index in [9.17, 15) is 8.42 Å². The molecule has 19 heavy (non-hydrogen) atoms. The van der Waals surface area contributed by atoms with Crippen LogP contribution in [-0.2, 0) is 14.4 Å². The molecule has 0 radical (unpaired) electrons. The van der Waals surface area contributed by atoms with E-state index >= 15 is 0 Å². The summed E-state index contributed by atoms with van der Waals surface area (Å²) in [6.07, 6.45) is 0. The lowest BCUT2D eigenvalue weighted by molar-refractivity contribution is 0.323.